The first-order chi connectivity index (χ1) is 6.43. The molecular weight excluding hydrogens is 210 g/mol. The Hall–Kier alpha value is -1.14. The van der Waals surface area contributed by atoms with E-state index in [1.54, 1.807) is 13.8 Å². The molecule has 6 nitrogen and oxygen atoms in total. The van der Waals surface area contributed by atoms with Gasteiger partial charge < -0.3 is 15.2 Å². The van der Waals surface area contributed by atoms with Gasteiger partial charge in [0.25, 0.3) is 0 Å². The molecule has 0 aliphatic heterocycles. The van der Waals surface area contributed by atoms with E-state index in [1.165, 1.54) is 10.9 Å². The summed E-state index contributed by atoms with van der Waals surface area (Å²) in [5.74, 6) is -0.390. The van der Waals surface area contributed by atoms with E-state index in [1.807, 2.05) is 0 Å². The molecule has 7 heteroatoms. The highest BCUT2D eigenvalue weighted by molar-refractivity contribution is 6.32. The molecule has 0 fully saturated rings. The first-order valence-electron chi connectivity index (χ1n) is 4.00. The average molecular weight is 220 g/mol. The van der Waals surface area contributed by atoms with E-state index in [2.05, 4.69) is 5.10 Å². The van der Waals surface area contributed by atoms with Crippen molar-refractivity contribution < 1.29 is 10.0 Å². The van der Waals surface area contributed by atoms with Crippen LogP contribution in [0.4, 0.5) is 5.82 Å². The molecule has 1 N–H and O–H groups in total. The van der Waals surface area contributed by atoms with Crippen LogP contribution in [-0.2, 0) is 0 Å². The molecule has 0 saturated carbocycles. The summed E-state index contributed by atoms with van der Waals surface area (Å²) in [4.78, 5) is 9.75. The summed E-state index contributed by atoms with van der Waals surface area (Å²) in [5, 5.41) is 23.3. The molecule has 0 aliphatic rings. The Bertz CT molecular complexity index is 350. The summed E-state index contributed by atoms with van der Waals surface area (Å²) in [6.45, 7) is 3.27. The number of hydrogen-bond acceptors (Lipinski definition) is 4. The molecule has 1 aromatic rings. The van der Waals surface area contributed by atoms with Gasteiger partial charge in [-0.3, -0.25) is 0 Å². The Balaban J connectivity index is 3.02. The lowest BCUT2D eigenvalue weighted by molar-refractivity contribution is -0.389. The van der Waals surface area contributed by atoms with Crippen molar-refractivity contribution in [2.75, 3.05) is 0 Å². The van der Waals surface area contributed by atoms with Crippen molar-refractivity contribution in [2.24, 2.45) is 0 Å². The Morgan fingerprint density at radius 2 is 2.29 bits per heavy atom. The van der Waals surface area contributed by atoms with Crippen LogP contribution in [0.3, 0.4) is 0 Å². The molecule has 0 spiro atoms. The van der Waals surface area contributed by atoms with Crippen molar-refractivity contribution in [1.29, 1.82) is 0 Å². The normalized spacial score (nSPS) is 15.1. The van der Waals surface area contributed by atoms with E-state index in [0.29, 0.717) is 0 Å². The molecular formula is C7H10ClN3O3. The van der Waals surface area contributed by atoms with Crippen molar-refractivity contribution in [3.63, 3.8) is 0 Å². The maximum Gasteiger partial charge on any atom is 0.408 e. The van der Waals surface area contributed by atoms with Gasteiger partial charge in [0.05, 0.1) is 23.4 Å². The fourth-order valence-corrected chi connectivity index (χ4v) is 1.12. The van der Waals surface area contributed by atoms with Crippen LogP contribution in [0, 0.1) is 10.1 Å². The van der Waals surface area contributed by atoms with E-state index in [-0.39, 0.29) is 16.9 Å². The molecule has 78 valence electrons. The summed E-state index contributed by atoms with van der Waals surface area (Å²) in [7, 11) is 0. The van der Waals surface area contributed by atoms with Crippen LogP contribution in [-0.4, -0.2) is 25.9 Å². The highest BCUT2D eigenvalue weighted by atomic mass is 35.5. The second-order valence-corrected chi connectivity index (χ2v) is 3.43. The minimum Gasteiger partial charge on any atom is -0.391 e. The predicted molar refractivity (Wildman–Crippen MR) is 50.3 cm³/mol. The smallest absolute Gasteiger partial charge is 0.391 e. The zero-order valence-electron chi connectivity index (χ0n) is 7.72. The Morgan fingerprint density at radius 3 is 2.64 bits per heavy atom. The molecule has 1 aromatic heterocycles. The van der Waals surface area contributed by atoms with E-state index in [0.717, 1.165) is 0 Å². The van der Waals surface area contributed by atoms with E-state index in [4.69, 9.17) is 11.6 Å². The molecule has 0 amide bonds. The van der Waals surface area contributed by atoms with E-state index >= 15 is 0 Å². The largest absolute Gasteiger partial charge is 0.408 e. The monoisotopic (exact) mass is 219 g/mol. The number of halogens is 1. The second-order valence-electron chi connectivity index (χ2n) is 3.02. The fourth-order valence-electron chi connectivity index (χ4n) is 0.913. The van der Waals surface area contributed by atoms with Crippen LogP contribution in [0.15, 0.2) is 6.20 Å². The number of rotatable bonds is 3. The number of aromatic nitrogens is 2. The minimum absolute atomic E-state index is 0.0255. The second kappa shape index (κ2) is 3.93. The number of aliphatic hydroxyl groups is 1. The third-order valence-corrected chi connectivity index (χ3v) is 2.22. The molecule has 2 atom stereocenters. The number of aliphatic hydroxyl groups excluding tert-OH is 1. The van der Waals surface area contributed by atoms with E-state index < -0.39 is 11.0 Å². The van der Waals surface area contributed by atoms with Crippen LogP contribution in [0.25, 0.3) is 0 Å². The van der Waals surface area contributed by atoms with Crippen molar-refractivity contribution >= 4 is 17.4 Å². The van der Waals surface area contributed by atoms with Gasteiger partial charge in [0.15, 0.2) is 5.02 Å². The zero-order valence-corrected chi connectivity index (χ0v) is 8.47. The maximum atomic E-state index is 10.4. The molecule has 0 bridgehead atoms. The summed E-state index contributed by atoms with van der Waals surface area (Å²) in [6.07, 6.45) is 0.683. The molecule has 2 unspecified atom stereocenters. The Labute approximate surface area is 85.2 Å². The summed E-state index contributed by atoms with van der Waals surface area (Å²) >= 11 is 5.58. The topological polar surface area (TPSA) is 81.2 Å². The van der Waals surface area contributed by atoms with E-state index in [9.17, 15) is 15.2 Å². The van der Waals surface area contributed by atoms with Gasteiger partial charge in [0.2, 0.25) is 0 Å². The highest BCUT2D eigenvalue weighted by Gasteiger charge is 2.23. The minimum atomic E-state index is -0.659. The van der Waals surface area contributed by atoms with Gasteiger partial charge >= 0.3 is 5.82 Å². The zero-order chi connectivity index (χ0) is 10.9. The number of nitro groups is 1. The third kappa shape index (κ3) is 2.02. The molecule has 1 rings (SSSR count). The van der Waals surface area contributed by atoms with Crippen LogP contribution in [0.2, 0.25) is 5.02 Å². The summed E-state index contributed by atoms with van der Waals surface area (Å²) < 4.78 is 1.28. The molecule has 1 heterocycles. The molecule has 0 aliphatic carbocycles. The first-order valence-corrected chi connectivity index (χ1v) is 4.38. The van der Waals surface area contributed by atoms with Crippen LogP contribution < -0.4 is 0 Å². The maximum absolute atomic E-state index is 10.4. The Kier molecular flexibility index (Phi) is 3.07. The van der Waals surface area contributed by atoms with Crippen molar-refractivity contribution in [3.05, 3.63) is 21.3 Å². The van der Waals surface area contributed by atoms with Gasteiger partial charge in [-0.15, -0.1) is 0 Å². The highest BCUT2D eigenvalue weighted by Crippen LogP contribution is 2.24. The van der Waals surface area contributed by atoms with Gasteiger partial charge in [0, 0.05) is 0 Å². The quantitative estimate of drug-likeness (QED) is 0.615. The number of hydrogen-bond donors (Lipinski definition) is 1. The first kappa shape index (κ1) is 10.9. The van der Waals surface area contributed by atoms with Gasteiger partial charge in [-0.05, 0) is 18.8 Å². The molecule has 14 heavy (non-hydrogen) atoms. The van der Waals surface area contributed by atoms with Gasteiger partial charge in [-0.2, -0.15) is 4.68 Å². The molecule has 0 aromatic carbocycles. The van der Waals surface area contributed by atoms with Crippen molar-refractivity contribution in [2.45, 2.75) is 26.0 Å². The van der Waals surface area contributed by atoms with Gasteiger partial charge in [-0.25, -0.2) is 0 Å². The summed E-state index contributed by atoms with van der Waals surface area (Å²) in [5.41, 5.74) is 0. The standard InChI is InChI=1S/C7H10ClN3O3/c1-4(5(2)12)10-3-6(8)7(9-10)11(13)14/h3-5,12H,1-2H3. The van der Waals surface area contributed by atoms with Crippen molar-refractivity contribution in [1.82, 2.24) is 9.78 Å². The van der Waals surface area contributed by atoms with Crippen molar-refractivity contribution in [3.8, 4) is 0 Å². The summed E-state index contributed by atoms with van der Waals surface area (Å²) in [6, 6.07) is -0.346. The SMILES string of the molecule is CC(O)C(C)n1cc(Cl)c([N+](=O)[O-])n1. The average Bonchev–Trinajstić information content (AvgIpc) is 2.45. The lowest BCUT2D eigenvalue weighted by Gasteiger charge is -2.10. The Morgan fingerprint density at radius 1 is 1.71 bits per heavy atom. The number of nitrogens with zero attached hydrogens (tertiary/aromatic N) is 3. The van der Waals surface area contributed by atoms with Crippen LogP contribution in [0.1, 0.15) is 19.9 Å². The lowest BCUT2D eigenvalue weighted by Crippen LogP contribution is -2.18. The van der Waals surface area contributed by atoms with Gasteiger partial charge in [-0.1, -0.05) is 11.6 Å². The van der Waals surface area contributed by atoms with Gasteiger partial charge in [0.1, 0.15) is 0 Å². The molecule has 0 saturated heterocycles. The lowest BCUT2D eigenvalue weighted by atomic mass is 10.2. The van der Waals surface area contributed by atoms with Crippen LogP contribution >= 0.6 is 11.6 Å². The van der Waals surface area contributed by atoms with Crippen LogP contribution in [0.5, 0.6) is 0 Å². The molecule has 0 radical (unpaired) electrons. The third-order valence-electron chi connectivity index (χ3n) is 1.96. The predicted octanol–water partition coefficient (Wildman–Crippen LogP) is 1.39. The fraction of sp³-hybridized carbons (Fsp3) is 0.571.